The first-order chi connectivity index (χ1) is 20.7. The van der Waals surface area contributed by atoms with E-state index in [-0.39, 0.29) is 29.8 Å². The van der Waals surface area contributed by atoms with Crippen LogP contribution in [0.3, 0.4) is 0 Å². The van der Waals surface area contributed by atoms with Crippen molar-refractivity contribution in [1.82, 2.24) is 9.62 Å². The summed E-state index contributed by atoms with van der Waals surface area (Å²) in [7, 11) is 0. The van der Waals surface area contributed by atoms with Gasteiger partial charge in [-0.25, -0.2) is 0 Å². The third-order valence-electron chi connectivity index (χ3n) is 6.99. The predicted molar refractivity (Wildman–Crippen MR) is 168 cm³/mol. The fourth-order valence-corrected chi connectivity index (χ4v) is 5.58. The number of benzene rings is 4. The summed E-state index contributed by atoms with van der Waals surface area (Å²) >= 11 is 7.58. The number of nitrogens with zero attached hydrogens (tertiary/aromatic N) is 1. The summed E-state index contributed by atoms with van der Waals surface area (Å²) < 4.78 is 49.6. The van der Waals surface area contributed by atoms with Crippen LogP contribution in [0.25, 0.3) is 0 Å². The first-order valence-corrected chi connectivity index (χ1v) is 15.5. The molecule has 4 nitrogen and oxygen atoms in total. The van der Waals surface area contributed by atoms with Gasteiger partial charge < -0.3 is 9.46 Å². The van der Waals surface area contributed by atoms with Crippen LogP contribution in [0.15, 0.2) is 103 Å². The lowest BCUT2D eigenvalue weighted by Gasteiger charge is -2.29. The first-order valence-electron chi connectivity index (χ1n) is 13.9. The molecule has 4 aromatic rings. The Morgan fingerprint density at radius 3 is 2.21 bits per heavy atom. The van der Waals surface area contributed by atoms with E-state index < -0.39 is 11.7 Å². The molecule has 4 aromatic carbocycles. The van der Waals surface area contributed by atoms with E-state index in [1.54, 1.807) is 12.3 Å². The summed E-state index contributed by atoms with van der Waals surface area (Å²) in [5.41, 5.74) is 2.68. The maximum Gasteiger partial charge on any atom is 0.417 e. The van der Waals surface area contributed by atoms with E-state index in [2.05, 4.69) is 33.9 Å². The third kappa shape index (κ3) is 9.78. The SMILES string of the molecule is CSNC(=O)Cc1cccc(OCCCN(Cc2cccc(C(F)(F)F)c2Cl)CC(c2ccccc2)c2ccccc2)c1. The molecule has 1 N–H and O–H groups in total. The summed E-state index contributed by atoms with van der Waals surface area (Å²) in [5.74, 6) is 0.574. The summed E-state index contributed by atoms with van der Waals surface area (Å²) in [6.07, 6.45) is -1.86. The monoisotopic (exact) mass is 626 g/mol. The van der Waals surface area contributed by atoms with Gasteiger partial charge in [0, 0.05) is 31.8 Å². The molecule has 0 bridgehead atoms. The Morgan fingerprint density at radius 1 is 0.930 bits per heavy atom. The Bertz CT molecular complexity index is 1420. The highest BCUT2D eigenvalue weighted by Crippen LogP contribution is 2.37. The van der Waals surface area contributed by atoms with E-state index in [9.17, 15) is 18.0 Å². The van der Waals surface area contributed by atoms with Gasteiger partial charge in [0.15, 0.2) is 0 Å². The summed E-state index contributed by atoms with van der Waals surface area (Å²) in [6, 6.07) is 31.7. The smallest absolute Gasteiger partial charge is 0.417 e. The molecule has 0 saturated carbocycles. The Kier molecular flexibility index (Phi) is 12.0. The van der Waals surface area contributed by atoms with Gasteiger partial charge >= 0.3 is 6.18 Å². The van der Waals surface area contributed by atoms with Crippen molar-refractivity contribution in [3.63, 3.8) is 0 Å². The molecule has 1 amide bonds. The molecule has 0 aliphatic carbocycles. The Balaban J connectivity index is 1.51. The molecule has 0 radical (unpaired) electrons. The molecular weight excluding hydrogens is 593 g/mol. The van der Waals surface area contributed by atoms with Crippen molar-refractivity contribution in [1.29, 1.82) is 0 Å². The van der Waals surface area contributed by atoms with Gasteiger partial charge in [0.2, 0.25) is 5.91 Å². The van der Waals surface area contributed by atoms with Crippen LogP contribution in [0.2, 0.25) is 5.02 Å². The number of rotatable bonds is 14. The average molecular weight is 627 g/mol. The van der Waals surface area contributed by atoms with Crippen molar-refractivity contribution >= 4 is 29.5 Å². The molecule has 0 unspecified atom stereocenters. The van der Waals surface area contributed by atoms with Gasteiger partial charge in [-0.2, -0.15) is 13.2 Å². The molecule has 0 fully saturated rings. The summed E-state index contributed by atoms with van der Waals surface area (Å²) in [4.78, 5) is 14.1. The van der Waals surface area contributed by atoms with E-state index in [0.717, 1.165) is 22.8 Å². The van der Waals surface area contributed by atoms with E-state index in [1.165, 1.54) is 18.0 Å². The largest absolute Gasteiger partial charge is 0.494 e. The Morgan fingerprint density at radius 2 is 1.58 bits per heavy atom. The van der Waals surface area contributed by atoms with Crippen LogP contribution in [0.4, 0.5) is 13.2 Å². The van der Waals surface area contributed by atoms with Gasteiger partial charge in [-0.15, -0.1) is 0 Å². The fourth-order valence-electron chi connectivity index (χ4n) is 4.99. The number of alkyl halides is 3. The van der Waals surface area contributed by atoms with E-state index >= 15 is 0 Å². The molecule has 9 heteroatoms. The second-order valence-electron chi connectivity index (χ2n) is 10.1. The van der Waals surface area contributed by atoms with Crippen LogP contribution < -0.4 is 9.46 Å². The lowest BCUT2D eigenvalue weighted by atomic mass is 9.90. The lowest BCUT2D eigenvalue weighted by molar-refractivity contribution is -0.137. The van der Waals surface area contributed by atoms with Gasteiger partial charge in [-0.1, -0.05) is 108 Å². The van der Waals surface area contributed by atoms with Crippen molar-refractivity contribution in [2.75, 3.05) is 26.0 Å². The zero-order chi connectivity index (χ0) is 30.7. The number of nitrogens with one attached hydrogen (secondary N) is 1. The molecule has 0 aliphatic rings. The van der Waals surface area contributed by atoms with Gasteiger partial charge in [-0.05, 0) is 46.9 Å². The number of hydrogen-bond donors (Lipinski definition) is 1. The highest BCUT2D eigenvalue weighted by Gasteiger charge is 2.34. The zero-order valence-corrected chi connectivity index (χ0v) is 25.4. The van der Waals surface area contributed by atoms with E-state index in [4.69, 9.17) is 16.3 Å². The predicted octanol–water partition coefficient (Wildman–Crippen LogP) is 8.40. The normalized spacial score (nSPS) is 11.6. The van der Waals surface area contributed by atoms with Crippen LogP contribution in [0.5, 0.6) is 5.75 Å². The van der Waals surface area contributed by atoms with Crippen LogP contribution in [-0.2, 0) is 23.9 Å². The second kappa shape index (κ2) is 15.8. The molecule has 0 heterocycles. The van der Waals surface area contributed by atoms with Gasteiger partial charge in [0.1, 0.15) is 5.75 Å². The molecule has 0 saturated heterocycles. The van der Waals surface area contributed by atoms with Gasteiger partial charge in [0.05, 0.1) is 23.6 Å². The van der Waals surface area contributed by atoms with Crippen LogP contribution >= 0.6 is 23.5 Å². The summed E-state index contributed by atoms with van der Waals surface area (Å²) in [6.45, 7) is 1.78. The topological polar surface area (TPSA) is 41.6 Å². The van der Waals surface area contributed by atoms with Crippen molar-refractivity contribution < 1.29 is 22.7 Å². The van der Waals surface area contributed by atoms with Crippen LogP contribution in [0.1, 0.15) is 40.2 Å². The van der Waals surface area contributed by atoms with Gasteiger partial charge in [-0.3, -0.25) is 9.69 Å². The molecule has 0 spiro atoms. The van der Waals surface area contributed by atoms with Crippen molar-refractivity contribution in [2.24, 2.45) is 0 Å². The summed E-state index contributed by atoms with van der Waals surface area (Å²) in [5, 5.41) is -0.269. The number of ether oxygens (including phenoxy) is 1. The second-order valence-corrected chi connectivity index (χ2v) is 11.1. The minimum atomic E-state index is -4.53. The average Bonchev–Trinajstić information content (AvgIpc) is 2.99. The van der Waals surface area contributed by atoms with Crippen molar-refractivity contribution in [2.45, 2.75) is 31.5 Å². The number of hydrogen-bond acceptors (Lipinski definition) is 4. The highest BCUT2D eigenvalue weighted by atomic mass is 35.5. The van der Waals surface area contributed by atoms with Crippen LogP contribution in [0, 0.1) is 0 Å². The van der Waals surface area contributed by atoms with Crippen molar-refractivity contribution in [3.8, 4) is 5.75 Å². The fraction of sp³-hybridized carbons (Fsp3) is 0.265. The number of carbonyl (C=O) groups is 1. The first kappa shape index (κ1) is 32.5. The number of carbonyl (C=O) groups excluding carboxylic acids is 1. The van der Waals surface area contributed by atoms with E-state index in [0.29, 0.717) is 37.4 Å². The quantitative estimate of drug-likeness (QED) is 0.113. The Labute approximate surface area is 260 Å². The third-order valence-corrected chi connectivity index (χ3v) is 7.87. The standard InChI is InChI=1S/C34H34ClF3N2O2S/c1-43-39-32(41)22-25-11-8-17-29(21-25)42-20-10-19-40(23-28-16-9-18-31(33(28)35)34(36,37)38)24-30(26-12-4-2-5-13-26)27-14-6-3-7-15-27/h2-9,11-18,21,30H,10,19-20,22-24H2,1H3,(H,39,41). The maximum absolute atomic E-state index is 13.6. The molecule has 4 rings (SSSR count). The molecule has 43 heavy (non-hydrogen) atoms. The number of halogens is 4. The molecule has 226 valence electrons. The molecule has 0 aromatic heterocycles. The minimum Gasteiger partial charge on any atom is -0.494 e. The maximum atomic E-state index is 13.6. The van der Waals surface area contributed by atoms with E-state index in [1.807, 2.05) is 60.7 Å². The highest BCUT2D eigenvalue weighted by molar-refractivity contribution is 7.97. The molecular formula is C34H34ClF3N2O2S. The molecule has 0 atom stereocenters. The van der Waals surface area contributed by atoms with Crippen LogP contribution in [-0.4, -0.2) is 36.8 Å². The van der Waals surface area contributed by atoms with Crippen molar-refractivity contribution in [3.05, 3.63) is 136 Å². The van der Waals surface area contributed by atoms with Gasteiger partial charge in [0.25, 0.3) is 0 Å². The lowest BCUT2D eigenvalue weighted by Crippen LogP contribution is -2.31. The zero-order valence-electron chi connectivity index (χ0n) is 23.8. The Hall–Kier alpha value is -3.46. The number of amides is 1. The molecule has 0 aliphatic heterocycles. The minimum absolute atomic E-state index is 0.00277.